The van der Waals surface area contributed by atoms with Crippen LogP contribution >= 0.6 is 11.8 Å². The Morgan fingerprint density at radius 3 is 2.53 bits per heavy atom. The number of thioether (sulfide) groups is 1. The van der Waals surface area contributed by atoms with Crippen molar-refractivity contribution in [3.05, 3.63) is 81.6 Å². The van der Waals surface area contributed by atoms with Crippen molar-refractivity contribution < 1.29 is 0 Å². The lowest BCUT2D eigenvalue weighted by Gasteiger charge is -2.36. The number of aromatic nitrogens is 4. The number of nitrogens with zero attached hydrogens (tertiary/aromatic N) is 4. The van der Waals surface area contributed by atoms with Crippen molar-refractivity contribution in [3.8, 4) is 11.3 Å². The van der Waals surface area contributed by atoms with Crippen LogP contribution in [0.5, 0.6) is 0 Å². The van der Waals surface area contributed by atoms with Crippen molar-refractivity contribution in [1.82, 2.24) is 19.2 Å². The Morgan fingerprint density at radius 1 is 1.03 bits per heavy atom. The van der Waals surface area contributed by atoms with Crippen LogP contribution in [-0.2, 0) is 18.4 Å². The van der Waals surface area contributed by atoms with E-state index in [0.717, 1.165) is 52.6 Å². The van der Waals surface area contributed by atoms with Crippen LogP contribution in [0.15, 0.2) is 64.5 Å². The Hall–Kier alpha value is -2.86. The molecule has 4 aromatic rings. The Morgan fingerprint density at radius 2 is 1.78 bits per heavy atom. The zero-order valence-electron chi connectivity index (χ0n) is 18.8. The van der Waals surface area contributed by atoms with Gasteiger partial charge in [-0.15, -0.1) is 10.2 Å². The van der Waals surface area contributed by atoms with Crippen LogP contribution in [-0.4, -0.2) is 24.9 Å². The Bertz CT molecular complexity index is 1340. The third-order valence-electron chi connectivity index (χ3n) is 6.63. The highest BCUT2D eigenvalue weighted by Crippen LogP contribution is 2.44. The third kappa shape index (κ3) is 3.28. The van der Waals surface area contributed by atoms with E-state index in [2.05, 4.69) is 71.8 Å². The van der Waals surface area contributed by atoms with Crippen LogP contribution in [0, 0.1) is 0 Å². The molecular weight excluding hydrogens is 416 g/mol. The number of rotatable bonds is 6. The van der Waals surface area contributed by atoms with E-state index in [0.29, 0.717) is 12.3 Å². The van der Waals surface area contributed by atoms with E-state index in [1.165, 1.54) is 5.56 Å². The quantitative estimate of drug-likeness (QED) is 0.377. The molecule has 0 saturated carbocycles. The van der Waals surface area contributed by atoms with E-state index in [1.54, 1.807) is 11.8 Å². The first-order valence-corrected chi connectivity index (χ1v) is 12.3. The number of hydrogen-bond donors (Lipinski definition) is 0. The molecule has 2 aromatic heterocycles. The van der Waals surface area contributed by atoms with E-state index >= 15 is 0 Å². The van der Waals surface area contributed by atoms with Gasteiger partial charge in [0.2, 0.25) is 5.78 Å². The van der Waals surface area contributed by atoms with Gasteiger partial charge < -0.3 is 0 Å². The molecule has 1 aliphatic carbocycles. The van der Waals surface area contributed by atoms with Crippen LogP contribution in [0.4, 0.5) is 0 Å². The standard InChI is InChI=1S/C26H28N4OS/c1-4-15-32-25-28-27-24-29(17-18-11-7-6-8-12-18)23(31)21-22(30(24)25)20-14-10-9-13-19(20)16-26(21,3)5-2/h6-14H,4-5,15-17H2,1-3H3/t26-/m0/s1. The molecular formula is C26H28N4OS. The first-order chi connectivity index (χ1) is 15.6. The summed E-state index contributed by atoms with van der Waals surface area (Å²) >= 11 is 1.71. The summed E-state index contributed by atoms with van der Waals surface area (Å²) < 4.78 is 3.96. The number of fused-ring (bicyclic) bond motifs is 5. The topological polar surface area (TPSA) is 52.2 Å². The first kappa shape index (κ1) is 21.0. The fourth-order valence-electron chi connectivity index (χ4n) is 4.78. The minimum Gasteiger partial charge on any atom is -0.272 e. The average molecular weight is 445 g/mol. The van der Waals surface area contributed by atoms with E-state index in [1.807, 2.05) is 22.8 Å². The highest BCUT2D eigenvalue weighted by atomic mass is 32.2. The molecule has 2 heterocycles. The lowest BCUT2D eigenvalue weighted by molar-refractivity contribution is 0.435. The van der Waals surface area contributed by atoms with E-state index in [-0.39, 0.29) is 11.0 Å². The Balaban J connectivity index is 1.88. The van der Waals surface area contributed by atoms with E-state index in [9.17, 15) is 4.79 Å². The summed E-state index contributed by atoms with van der Waals surface area (Å²) in [5.41, 5.74) is 5.16. The summed E-state index contributed by atoms with van der Waals surface area (Å²) in [6, 6.07) is 18.6. The summed E-state index contributed by atoms with van der Waals surface area (Å²) in [7, 11) is 0. The molecule has 0 amide bonds. The lowest BCUT2D eigenvalue weighted by Crippen LogP contribution is -2.40. The Labute approximate surface area is 192 Å². The molecule has 5 nitrogen and oxygen atoms in total. The molecule has 5 rings (SSSR count). The molecule has 0 spiro atoms. The smallest absolute Gasteiger partial charge is 0.259 e. The maximum absolute atomic E-state index is 14.1. The molecule has 0 N–H and O–H groups in total. The second kappa shape index (κ2) is 8.24. The molecule has 0 fully saturated rings. The van der Waals surface area contributed by atoms with Gasteiger partial charge >= 0.3 is 0 Å². The summed E-state index contributed by atoms with van der Waals surface area (Å²) in [4.78, 5) is 14.1. The maximum Gasteiger partial charge on any atom is 0.259 e. The van der Waals surface area contributed by atoms with E-state index < -0.39 is 0 Å². The molecule has 2 aromatic carbocycles. The van der Waals surface area contributed by atoms with Gasteiger partial charge in [0, 0.05) is 22.3 Å². The molecule has 1 atom stereocenters. The van der Waals surface area contributed by atoms with Crippen molar-refractivity contribution in [2.24, 2.45) is 0 Å². The van der Waals surface area contributed by atoms with Gasteiger partial charge in [-0.25, -0.2) is 0 Å². The van der Waals surface area contributed by atoms with Gasteiger partial charge in [0.15, 0.2) is 5.16 Å². The van der Waals surface area contributed by atoms with Gasteiger partial charge in [0.25, 0.3) is 5.56 Å². The SMILES string of the molecule is CCCSc1nnc2n(Cc3ccccc3)c(=O)c3c(n12)-c1ccccc1C[C@]3(C)CC. The van der Waals surface area contributed by atoms with Crippen LogP contribution in [0.1, 0.15) is 50.3 Å². The molecule has 6 heteroatoms. The van der Waals surface area contributed by atoms with Gasteiger partial charge in [-0.05, 0) is 30.4 Å². The van der Waals surface area contributed by atoms with Crippen LogP contribution in [0.3, 0.4) is 0 Å². The van der Waals surface area contributed by atoms with Crippen LogP contribution in [0.2, 0.25) is 0 Å². The summed E-state index contributed by atoms with van der Waals surface area (Å²) in [6.07, 6.45) is 2.80. The lowest BCUT2D eigenvalue weighted by atomic mass is 9.69. The second-order valence-electron chi connectivity index (χ2n) is 8.82. The maximum atomic E-state index is 14.1. The van der Waals surface area contributed by atoms with Crippen molar-refractivity contribution in [1.29, 1.82) is 0 Å². The predicted molar refractivity (Wildman–Crippen MR) is 131 cm³/mol. The zero-order chi connectivity index (χ0) is 22.3. The van der Waals surface area contributed by atoms with Crippen molar-refractivity contribution in [2.45, 2.75) is 57.1 Å². The predicted octanol–water partition coefficient (Wildman–Crippen LogP) is 5.33. The van der Waals surface area contributed by atoms with E-state index in [4.69, 9.17) is 0 Å². The molecule has 164 valence electrons. The van der Waals surface area contributed by atoms with Crippen molar-refractivity contribution in [2.75, 3.05) is 5.75 Å². The fraction of sp³-hybridized carbons (Fsp3) is 0.346. The molecule has 32 heavy (non-hydrogen) atoms. The summed E-state index contributed by atoms with van der Waals surface area (Å²) in [5.74, 6) is 1.58. The minimum absolute atomic E-state index is 0.0506. The number of hydrogen-bond acceptors (Lipinski definition) is 4. The molecule has 0 radical (unpaired) electrons. The van der Waals surface area contributed by atoms with Gasteiger partial charge in [-0.2, -0.15) is 0 Å². The monoisotopic (exact) mass is 444 g/mol. The van der Waals surface area contributed by atoms with Crippen molar-refractivity contribution in [3.63, 3.8) is 0 Å². The number of benzene rings is 2. The van der Waals surface area contributed by atoms with Crippen LogP contribution in [0.25, 0.3) is 17.0 Å². The molecule has 1 aliphatic rings. The first-order valence-electron chi connectivity index (χ1n) is 11.3. The average Bonchev–Trinajstić information content (AvgIpc) is 3.24. The van der Waals surface area contributed by atoms with Gasteiger partial charge in [-0.1, -0.05) is 87.1 Å². The fourth-order valence-corrected chi connectivity index (χ4v) is 5.57. The Kier molecular flexibility index (Phi) is 5.41. The van der Waals surface area contributed by atoms with Gasteiger partial charge in [0.1, 0.15) is 0 Å². The summed E-state index contributed by atoms with van der Waals surface area (Å²) in [6.45, 7) is 7.06. The van der Waals surface area contributed by atoms with Crippen molar-refractivity contribution >= 4 is 17.5 Å². The van der Waals surface area contributed by atoms with Crippen LogP contribution < -0.4 is 5.56 Å². The zero-order valence-corrected chi connectivity index (χ0v) is 19.7. The molecule has 0 aliphatic heterocycles. The minimum atomic E-state index is -0.246. The normalized spacial score (nSPS) is 17.3. The largest absolute Gasteiger partial charge is 0.272 e. The summed E-state index contributed by atoms with van der Waals surface area (Å²) in [5, 5.41) is 9.94. The van der Waals surface area contributed by atoms with Gasteiger partial charge in [0.05, 0.1) is 12.2 Å². The highest BCUT2D eigenvalue weighted by molar-refractivity contribution is 7.99. The third-order valence-corrected chi connectivity index (χ3v) is 7.77. The second-order valence-corrected chi connectivity index (χ2v) is 9.88. The molecule has 0 unspecified atom stereocenters. The molecule has 0 saturated heterocycles. The van der Waals surface area contributed by atoms with Gasteiger partial charge in [-0.3, -0.25) is 13.8 Å². The highest BCUT2D eigenvalue weighted by Gasteiger charge is 2.39. The molecule has 0 bridgehead atoms.